The van der Waals surface area contributed by atoms with Crippen molar-refractivity contribution in [2.45, 2.75) is 45.3 Å². The Balaban J connectivity index is 1.55. The third-order valence-corrected chi connectivity index (χ3v) is 5.26. The van der Waals surface area contributed by atoms with Crippen LogP contribution in [0.5, 0.6) is 0 Å². The molecule has 4 rings (SSSR count). The van der Waals surface area contributed by atoms with Gasteiger partial charge in [0.2, 0.25) is 0 Å². The standard InChI is InChI=1S/C24H24N6O5/c1-24(2,3)35-23(32)26-17-8-4-15(5-9-17)20-14-21(19-12-13-25-27-19)29(28-20)22(31)16-6-10-18(11-7-16)30(33)34/h4-11,13,21H,12,14H2,1-3H3,(H,26,32). The lowest BCUT2D eigenvalue weighted by molar-refractivity contribution is -0.384. The van der Waals surface area contributed by atoms with Crippen molar-refractivity contribution >= 4 is 41.0 Å². The second kappa shape index (κ2) is 9.45. The van der Waals surface area contributed by atoms with Crippen LogP contribution in [0.3, 0.4) is 0 Å². The summed E-state index contributed by atoms with van der Waals surface area (Å²) < 4.78 is 5.27. The van der Waals surface area contributed by atoms with Gasteiger partial charge in [-0.15, -0.1) is 0 Å². The lowest BCUT2D eigenvalue weighted by Crippen LogP contribution is -2.38. The smallest absolute Gasteiger partial charge is 0.412 e. The minimum absolute atomic E-state index is 0.0997. The number of nitrogens with zero attached hydrogens (tertiary/aromatic N) is 5. The summed E-state index contributed by atoms with van der Waals surface area (Å²) in [6.45, 7) is 5.36. The van der Waals surface area contributed by atoms with Crippen LogP contribution in [0.2, 0.25) is 0 Å². The molecule has 2 aliphatic rings. The Kier molecular flexibility index (Phi) is 6.41. The number of carbonyl (C=O) groups excluding carboxylic acids is 2. The number of ether oxygens (including phenoxy) is 1. The number of amides is 2. The summed E-state index contributed by atoms with van der Waals surface area (Å²) in [5.74, 6) is -0.391. The lowest BCUT2D eigenvalue weighted by Gasteiger charge is -2.21. The van der Waals surface area contributed by atoms with E-state index in [-0.39, 0.29) is 11.3 Å². The number of rotatable bonds is 5. The van der Waals surface area contributed by atoms with E-state index in [9.17, 15) is 19.7 Å². The molecule has 0 radical (unpaired) electrons. The van der Waals surface area contributed by atoms with Crippen LogP contribution in [-0.2, 0) is 4.74 Å². The van der Waals surface area contributed by atoms with Crippen molar-refractivity contribution in [3.8, 4) is 0 Å². The second-order valence-electron chi connectivity index (χ2n) is 9.02. The first kappa shape index (κ1) is 23.7. The Morgan fingerprint density at radius 2 is 1.80 bits per heavy atom. The predicted molar refractivity (Wildman–Crippen MR) is 131 cm³/mol. The van der Waals surface area contributed by atoms with Crippen LogP contribution in [0.15, 0.2) is 63.8 Å². The molecule has 0 saturated carbocycles. The van der Waals surface area contributed by atoms with Crippen molar-refractivity contribution in [2.75, 3.05) is 5.32 Å². The summed E-state index contributed by atoms with van der Waals surface area (Å²) in [6.07, 6.45) is 2.05. The van der Waals surface area contributed by atoms with Gasteiger partial charge < -0.3 is 4.74 Å². The summed E-state index contributed by atoms with van der Waals surface area (Å²) in [6, 6.07) is 12.0. The van der Waals surface area contributed by atoms with Gasteiger partial charge in [0.25, 0.3) is 11.6 Å². The van der Waals surface area contributed by atoms with Crippen LogP contribution in [0.1, 0.15) is 49.5 Å². The van der Waals surface area contributed by atoms with Gasteiger partial charge in [-0.25, -0.2) is 9.80 Å². The number of nitro benzene ring substituents is 1. The van der Waals surface area contributed by atoms with Gasteiger partial charge in [0.15, 0.2) is 0 Å². The van der Waals surface area contributed by atoms with E-state index in [0.717, 1.165) is 5.56 Å². The molecule has 35 heavy (non-hydrogen) atoms. The minimum Gasteiger partial charge on any atom is -0.444 e. The number of nitro groups is 1. The van der Waals surface area contributed by atoms with Crippen LogP contribution in [0.4, 0.5) is 16.2 Å². The Bertz CT molecular complexity index is 1240. The van der Waals surface area contributed by atoms with E-state index in [2.05, 4.69) is 20.6 Å². The van der Waals surface area contributed by atoms with Gasteiger partial charge in [0, 0.05) is 42.4 Å². The fraction of sp³-hybridized carbons (Fsp3) is 0.292. The van der Waals surface area contributed by atoms with Gasteiger partial charge in [-0.2, -0.15) is 15.3 Å². The zero-order valence-electron chi connectivity index (χ0n) is 19.5. The molecule has 0 spiro atoms. The number of non-ortho nitro benzene ring substituents is 1. The highest BCUT2D eigenvalue weighted by Gasteiger charge is 2.36. The fourth-order valence-electron chi connectivity index (χ4n) is 3.65. The number of benzene rings is 2. The third kappa shape index (κ3) is 5.57. The van der Waals surface area contributed by atoms with Crippen molar-refractivity contribution in [3.05, 3.63) is 69.8 Å². The predicted octanol–water partition coefficient (Wildman–Crippen LogP) is 4.39. The van der Waals surface area contributed by atoms with E-state index in [4.69, 9.17) is 4.74 Å². The molecule has 11 heteroatoms. The van der Waals surface area contributed by atoms with Gasteiger partial charge in [-0.05, 0) is 50.6 Å². The Hall–Kier alpha value is -4.41. The highest BCUT2D eigenvalue weighted by molar-refractivity contribution is 6.12. The van der Waals surface area contributed by atoms with Crippen LogP contribution in [0.25, 0.3) is 0 Å². The highest BCUT2D eigenvalue weighted by atomic mass is 16.6. The molecule has 2 aromatic carbocycles. The Morgan fingerprint density at radius 1 is 1.11 bits per heavy atom. The van der Waals surface area contributed by atoms with Crippen LogP contribution in [0, 0.1) is 10.1 Å². The quantitative estimate of drug-likeness (QED) is 0.504. The maximum Gasteiger partial charge on any atom is 0.412 e. The van der Waals surface area contributed by atoms with E-state index in [0.29, 0.717) is 30.0 Å². The van der Waals surface area contributed by atoms with Gasteiger partial charge >= 0.3 is 6.09 Å². The highest BCUT2D eigenvalue weighted by Crippen LogP contribution is 2.27. The largest absolute Gasteiger partial charge is 0.444 e. The summed E-state index contributed by atoms with van der Waals surface area (Å²) in [5, 5.41) is 27.6. The van der Waals surface area contributed by atoms with E-state index in [1.165, 1.54) is 29.3 Å². The van der Waals surface area contributed by atoms with Gasteiger partial charge in [0.1, 0.15) is 11.6 Å². The van der Waals surface area contributed by atoms with Crippen molar-refractivity contribution < 1.29 is 19.2 Å². The minimum atomic E-state index is -0.607. The maximum atomic E-state index is 13.3. The molecule has 2 amide bonds. The first-order valence-corrected chi connectivity index (χ1v) is 10.9. The molecule has 0 bridgehead atoms. The monoisotopic (exact) mass is 476 g/mol. The van der Waals surface area contributed by atoms with Crippen molar-refractivity contribution in [2.24, 2.45) is 15.3 Å². The van der Waals surface area contributed by atoms with Gasteiger partial charge in [-0.1, -0.05) is 12.1 Å². The number of nitrogens with one attached hydrogen (secondary N) is 1. The second-order valence-corrected chi connectivity index (χ2v) is 9.02. The number of hydrazone groups is 1. The molecule has 0 fully saturated rings. The third-order valence-electron chi connectivity index (χ3n) is 5.26. The molecule has 11 nitrogen and oxygen atoms in total. The molecule has 2 aliphatic heterocycles. The van der Waals surface area contributed by atoms with Crippen molar-refractivity contribution in [1.29, 1.82) is 0 Å². The molecular weight excluding hydrogens is 452 g/mol. The average molecular weight is 476 g/mol. The summed E-state index contributed by atoms with van der Waals surface area (Å²) >= 11 is 0. The zero-order chi connectivity index (χ0) is 25.2. The van der Waals surface area contributed by atoms with E-state index in [1.54, 1.807) is 51.3 Å². The Labute approximate surface area is 201 Å². The van der Waals surface area contributed by atoms with Gasteiger partial charge in [-0.3, -0.25) is 20.2 Å². The van der Waals surface area contributed by atoms with Gasteiger partial charge in [0.05, 0.1) is 16.3 Å². The SMILES string of the molecule is CC(C)(C)OC(=O)Nc1ccc(C2=NN(C(=O)c3ccc([N+](=O)[O-])cc3)C(C3=NN=CC3)C2)cc1. The fourth-order valence-corrected chi connectivity index (χ4v) is 3.65. The summed E-state index contributed by atoms with van der Waals surface area (Å²) in [7, 11) is 0. The topological polar surface area (TPSA) is 139 Å². The van der Waals surface area contributed by atoms with Crippen LogP contribution in [-0.4, -0.2) is 51.2 Å². The number of hydrogen-bond donors (Lipinski definition) is 1. The molecule has 1 N–H and O–H groups in total. The normalized spacial score (nSPS) is 17.1. The molecule has 0 aromatic heterocycles. The zero-order valence-corrected chi connectivity index (χ0v) is 19.5. The molecule has 180 valence electrons. The number of hydrogen-bond acceptors (Lipinski definition) is 8. The molecule has 1 atom stereocenters. The average Bonchev–Trinajstić information content (AvgIpc) is 3.48. The molecular formula is C24H24N6O5. The molecule has 2 aromatic rings. The van der Waals surface area contributed by atoms with E-state index >= 15 is 0 Å². The molecule has 0 aliphatic carbocycles. The Morgan fingerprint density at radius 3 is 2.37 bits per heavy atom. The molecule has 2 heterocycles. The summed E-state index contributed by atoms with van der Waals surface area (Å²) in [4.78, 5) is 35.7. The molecule has 0 saturated heterocycles. The van der Waals surface area contributed by atoms with E-state index in [1.807, 2.05) is 0 Å². The maximum absolute atomic E-state index is 13.3. The number of carbonyl (C=O) groups is 2. The first-order chi connectivity index (χ1) is 16.6. The molecule has 1 unspecified atom stereocenters. The van der Waals surface area contributed by atoms with Crippen LogP contribution >= 0.6 is 0 Å². The summed E-state index contributed by atoms with van der Waals surface area (Å²) in [5.41, 5.74) is 2.29. The van der Waals surface area contributed by atoms with Crippen molar-refractivity contribution in [3.63, 3.8) is 0 Å². The lowest BCUT2D eigenvalue weighted by atomic mass is 9.99. The van der Waals surface area contributed by atoms with Crippen LogP contribution < -0.4 is 5.32 Å². The number of anilines is 1. The van der Waals surface area contributed by atoms with Crippen molar-refractivity contribution in [1.82, 2.24) is 5.01 Å². The van der Waals surface area contributed by atoms with E-state index < -0.39 is 28.6 Å². The first-order valence-electron chi connectivity index (χ1n) is 10.9.